The van der Waals surface area contributed by atoms with Gasteiger partial charge in [0.15, 0.2) is 5.38 Å². The lowest BCUT2D eigenvalue weighted by Gasteiger charge is -2.03. The molecule has 0 aliphatic rings. The number of rotatable bonds is 5. The Morgan fingerprint density at radius 2 is 2.29 bits per heavy atom. The Bertz CT molecular complexity index is 274. The van der Waals surface area contributed by atoms with Crippen LogP contribution in [0.2, 0.25) is 0 Å². The van der Waals surface area contributed by atoms with Crippen molar-refractivity contribution in [1.29, 1.82) is 0 Å². The molecule has 0 fully saturated rings. The van der Waals surface area contributed by atoms with Gasteiger partial charge in [-0.2, -0.15) is 4.98 Å². The lowest BCUT2D eigenvalue weighted by Crippen LogP contribution is -2.14. The molecule has 0 radical (unpaired) electrons. The predicted molar refractivity (Wildman–Crippen MR) is 58.4 cm³/mol. The maximum atomic E-state index is 9.06. The second kappa shape index (κ2) is 5.29. The maximum Gasteiger partial charge on any atom is 0.456 e. The third kappa shape index (κ3) is 3.61. The molecular formula is C9H17N2O2S+. The van der Waals surface area contributed by atoms with Crippen LogP contribution in [0.15, 0.2) is 11.6 Å². The molecular weight excluding hydrogens is 200 g/mol. The Hall–Kier alpha value is -0.650. The van der Waals surface area contributed by atoms with E-state index in [1.807, 2.05) is 5.38 Å². The molecule has 14 heavy (non-hydrogen) atoms. The van der Waals surface area contributed by atoms with Gasteiger partial charge in [0.1, 0.15) is 17.3 Å². The van der Waals surface area contributed by atoms with Crippen LogP contribution < -0.4 is 9.46 Å². The second-order valence-electron chi connectivity index (χ2n) is 3.45. The summed E-state index contributed by atoms with van der Waals surface area (Å²) >= 11 is 0. The van der Waals surface area contributed by atoms with E-state index in [0.29, 0.717) is 17.8 Å². The van der Waals surface area contributed by atoms with Crippen molar-refractivity contribution < 1.29 is 9.84 Å². The quantitative estimate of drug-likeness (QED) is 0.735. The average Bonchev–Trinajstić information content (AvgIpc) is 2.47. The van der Waals surface area contributed by atoms with Crippen LogP contribution in [-0.4, -0.2) is 28.8 Å². The van der Waals surface area contributed by atoms with Crippen molar-refractivity contribution in [1.82, 2.24) is 4.98 Å². The number of ether oxygens (including phenoxy) is 1. The topological polar surface area (TPSA) is 54.4 Å². The Kier molecular flexibility index (Phi) is 4.31. The minimum Gasteiger partial charge on any atom is -0.434 e. The summed E-state index contributed by atoms with van der Waals surface area (Å²) in [5.74, 6) is 0. The van der Waals surface area contributed by atoms with Gasteiger partial charge in [0.25, 0.3) is 0 Å². The van der Waals surface area contributed by atoms with E-state index in [4.69, 9.17) is 9.84 Å². The molecule has 1 aromatic heterocycles. The summed E-state index contributed by atoms with van der Waals surface area (Å²) in [6, 6.07) is 0.390. The van der Waals surface area contributed by atoms with Crippen LogP contribution in [0.5, 0.6) is 5.19 Å². The Labute approximate surface area is 87.0 Å². The molecule has 0 amide bonds. The molecule has 0 saturated heterocycles. The van der Waals surface area contributed by atoms with E-state index in [-0.39, 0.29) is 10.7 Å². The molecule has 0 saturated carbocycles. The van der Waals surface area contributed by atoms with Gasteiger partial charge >= 0.3 is 5.19 Å². The number of nitrogens with one attached hydrogen (secondary N) is 1. The first kappa shape index (κ1) is 11.4. The zero-order valence-electron chi connectivity index (χ0n) is 8.73. The van der Waals surface area contributed by atoms with E-state index in [1.165, 1.54) is 0 Å². The monoisotopic (exact) mass is 217 g/mol. The number of aliphatic hydroxyl groups excluding tert-OH is 1. The van der Waals surface area contributed by atoms with E-state index >= 15 is 0 Å². The highest BCUT2D eigenvalue weighted by Crippen LogP contribution is 2.27. The summed E-state index contributed by atoms with van der Waals surface area (Å²) < 4.78 is 8.68. The molecule has 2 unspecified atom stereocenters. The number of hydrogen-bond donors (Lipinski definition) is 2. The standard InChI is InChI=1S/C9H17N2O2S/c1-7(2)11-14-5-4-10-9(14)13-6-8(3)12/h4-5,7-8,11-12H,6H2,1-3H3/q+1. The van der Waals surface area contributed by atoms with E-state index in [1.54, 1.807) is 13.1 Å². The van der Waals surface area contributed by atoms with Gasteiger partial charge in [-0.05, 0) is 20.8 Å². The highest BCUT2D eigenvalue weighted by atomic mass is 32.2. The number of aromatic nitrogens is 1. The molecule has 0 aliphatic carbocycles. The van der Waals surface area contributed by atoms with Crippen molar-refractivity contribution in [2.24, 2.45) is 0 Å². The minimum absolute atomic E-state index is 0.226. The van der Waals surface area contributed by atoms with Crippen LogP contribution in [0, 0.1) is 0 Å². The van der Waals surface area contributed by atoms with Crippen LogP contribution in [-0.2, 0) is 0 Å². The molecule has 1 heterocycles. The molecule has 0 spiro atoms. The summed E-state index contributed by atoms with van der Waals surface area (Å²) in [4.78, 5) is 4.09. The third-order valence-electron chi connectivity index (χ3n) is 1.38. The highest BCUT2D eigenvalue weighted by molar-refractivity contribution is 7.33. The minimum atomic E-state index is -0.456. The van der Waals surface area contributed by atoms with E-state index in [2.05, 4.69) is 23.6 Å². The fraction of sp³-hybridized carbons (Fsp3) is 0.667. The van der Waals surface area contributed by atoms with Gasteiger partial charge in [-0.3, -0.25) is 0 Å². The van der Waals surface area contributed by atoms with Crippen molar-refractivity contribution >= 4 is 10.7 Å². The summed E-state index contributed by atoms with van der Waals surface area (Å²) in [6.07, 6.45) is 1.28. The molecule has 4 nitrogen and oxygen atoms in total. The molecule has 5 heteroatoms. The SMILES string of the molecule is CC(O)COc1ncc[s+]1NC(C)C. The second-order valence-corrected chi connectivity index (χ2v) is 4.98. The van der Waals surface area contributed by atoms with Gasteiger partial charge in [-0.25, -0.2) is 0 Å². The van der Waals surface area contributed by atoms with Crippen LogP contribution in [0.3, 0.4) is 0 Å². The number of nitrogens with zero attached hydrogens (tertiary/aromatic N) is 1. The first-order valence-electron chi connectivity index (χ1n) is 4.64. The molecule has 1 aromatic rings. The Morgan fingerprint density at radius 1 is 1.57 bits per heavy atom. The Balaban J connectivity index is 2.53. The van der Waals surface area contributed by atoms with Gasteiger partial charge in [0.05, 0.1) is 18.3 Å². The van der Waals surface area contributed by atoms with Crippen molar-refractivity contribution in [2.45, 2.75) is 32.9 Å². The van der Waals surface area contributed by atoms with Crippen molar-refractivity contribution in [2.75, 3.05) is 11.3 Å². The van der Waals surface area contributed by atoms with Gasteiger partial charge in [0.2, 0.25) is 0 Å². The first-order chi connectivity index (χ1) is 6.59. The summed E-state index contributed by atoms with van der Waals surface area (Å²) in [5, 5.41) is 11.7. The van der Waals surface area contributed by atoms with Gasteiger partial charge < -0.3 is 9.84 Å². The summed E-state index contributed by atoms with van der Waals surface area (Å²) in [7, 11) is -0.226. The Morgan fingerprint density at radius 3 is 2.86 bits per heavy atom. The average molecular weight is 217 g/mol. The number of thiazole rings is 1. The predicted octanol–water partition coefficient (Wildman–Crippen LogP) is 1.54. The maximum absolute atomic E-state index is 9.06. The third-order valence-corrected chi connectivity index (χ3v) is 3.09. The molecule has 80 valence electrons. The molecule has 2 atom stereocenters. The van der Waals surface area contributed by atoms with Crippen LogP contribution >= 0.6 is 10.7 Å². The zero-order valence-corrected chi connectivity index (χ0v) is 9.54. The number of aliphatic hydroxyl groups is 1. The molecule has 0 aliphatic heterocycles. The van der Waals surface area contributed by atoms with Crippen LogP contribution in [0.1, 0.15) is 20.8 Å². The molecule has 0 aromatic carbocycles. The van der Waals surface area contributed by atoms with Crippen molar-refractivity contribution in [3.63, 3.8) is 0 Å². The lowest BCUT2D eigenvalue weighted by molar-refractivity contribution is 0.122. The van der Waals surface area contributed by atoms with Gasteiger partial charge in [-0.15, -0.1) is 4.72 Å². The van der Waals surface area contributed by atoms with E-state index < -0.39 is 6.10 Å². The summed E-state index contributed by atoms with van der Waals surface area (Å²) in [6.45, 7) is 6.14. The highest BCUT2D eigenvalue weighted by Gasteiger charge is 2.18. The van der Waals surface area contributed by atoms with Crippen molar-refractivity contribution in [3.05, 3.63) is 11.6 Å². The van der Waals surface area contributed by atoms with Gasteiger partial charge in [0, 0.05) is 0 Å². The van der Waals surface area contributed by atoms with E-state index in [0.717, 1.165) is 0 Å². The first-order valence-corrected chi connectivity index (χ1v) is 5.93. The lowest BCUT2D eigenvalue weighted by atomic mass is 10.4. The largest absolute Gasteiger partial charge is 0.456 e. The summed E-state index contributed by atoms with van der Waals surface area (Å²) in [5.41, 5.74) is 0. The van der Waals surface area contributed by atoms with Crippen LogP contribution in [0.4, 0.5) is 0 Å². The molecule has 1 rings (SSSR count). The number of hydrogen-bond acceptors (Lipinski definition) is 4. The normalized spacial score (nSPS) is 14.5. The van der Waals surface area contributed by atoms with Gasteiger partial charge in [-0.1, -0.05) is 0 Å². The smallest absolute Gasteiger partial charge is 0.434 e. The van der Waals surface area contributed by atoms with Crippen molar-refractivity contribution in [3.8, 4) is 5.19 Å². The molecule has 0 bridgehead atoms. The van der Waals surface area contributed by atoms with Crippen LogP contribution in [0.25, 0.3) is 0 Å². The fourth-order valence-corrected chi connectivity index (χ4v) is 2.26. The zero-order chi connectivity index (χ0) is 10.6. The fourth-order valence-electron chi connectivity index (χ4n) is 0.903. The van der Waals surface area contributed by atoms with E-state index in [9.17, 15) is 0 Å². The molecule has 2 N–H and O–H groups in total.